The summed E-state index contributed by atoms with van der Waals surface area (Å²) >= 11 is 0. The van der Waals surface area contributed by atoms with Crippen LogP contribution in [-0.4, -0.2) is 30.9 Å². The first-order chi connectivity index (χ1) is 16.5. The molecule has 0 saturated carbocycles. The topological polar surface area (TPSA) is 122 Å². The third-order valence-electron chi connectivity index (χ3n) is 6.86. The van der Waals surface area contributed by atoms with E-state index >= 15 is 0 Å². The number of amidine groups is 1. The number of aliphatic hydroxyl groups is 1. The highest BCUT2D eigenvalue weighted by molar-refractivity contribution is 8.23. The van der Waals surface area contributed by atoms with Crippen molar-refractivity contribution >= 4 is 33.8 Å². The lowest BCUT2D eigenvalue weighted by atomic mass is 9.62. The summed E-state index contributed by atoms with van der Waals surface area (Å²) in [6.45, 7) is 8.49. The highest BCUT2D eigenvalue weighted by Gasteiger charge is 2.49. The molecule has 0 bridgehead atoms. The first kappa shape index (κ1) is 25.3. The van der Waals surface area contributed by atoms with E-state index in [1.54, 1.807) is 6.07 Å². The first-order valence-corrected chi connectivity index (χ1v) is 13.5. The third-order valence-corrected chi connectivity index (χ3v) is 8.23. The number of benzene rings is 2. The number of rotatable bonds is 7. The summed E-state index contributed by atoms with van der Waals surface area (Å²) in [4.78, 5) is 14.4. The minimum Gasteiger partial charge on any atom is -0.508 e. The predicted molar refractivity (Wildman–Crippen MR) is 141 cm³/mol. The zero-order valence-corrected chi connectivity index (χ0v) is 21.4. The summed E-state index contributed by atoms with van der Waals surface area (Å²) in [6.07, 6.45) is 2.86. The summed E-state index contributed by atoms with van der Waals surface area (Å²) in [5.74, 6) is 0.0719. The molecular weight excluding hydrogens is 464 g/mol. The normalized spacial score (nSPS) is 19.2. The molecule has 0 unspecified atom stereocenters. The lowest BCUT2D eigenvalue weighted by molar-refractivity contribution is -0.121. The molecule has 35 heavy (non-hydrogen) atoms. The number of nitrogens with one attached hydrogen (secondary N) is 1. The number of carbonyl (C=O) groups excluding carboxylic acids is 1. The van der Waals surface area contributed by atoms with Crippen LogP contribution >= 0.6 is 10.8 Å². The van der Waals surface area contributed by atoms with Gasteiger partial charge in [-0.15, -0.1) is 4.40 Å². The van der Waals surface area contributed by atoms with Gasteiger partial charge in [0.05, 0.1) is 11.1 Å². The van der Waals surface area contributed by atoms with Gasteiger partial charge in [-0.2, -0.15) is 0 Å². The molecule has 188 valence electrons. The van der Waals surface area contributed by atoms with Crippen molar-refractivity contribution in [1.82, 2.24) is 0 Å². The average molecular weight is 499 g/mol. The van der Waals surface area contributed by atoms with Crippen molar-refractivity contribution in [2.45, 2.75) is 63.7 Å². The van der Waals surface area contributed by atoms with Crippen molar-refractivity contribution in [2.75, 3.05) is 5.32 Å². The number of aromatic hydroxyl groups is 1. The van der Waals surface area contributed by atoms with Crippen molar-refractivity contribution in [3.05, 3.63) is 59.2 Å². The number of ketones is 1. The van der Waals surface area contributed by atoms with Crippen LogP contribution in [0.15, 0.2) is 57.3 Å². The van der Waals surface area contributed by atoms with E-state index in [0.717, 1.165) is 18.4 Å². The van der Waals surface area contributed by atoms with Gasteiger partial charge < -0.3 is 15.5 Å². The molecule has 0 fully saturated rings. The number of anilines is 1. The molecule has 2 aromatic rings. The van der Waals surface area contributed by atoms with Crippen LogP contribution in [0.25, 0.3) is 5.76 Å². The fourth-order valence-electron chi connectivity index (χ4n) is 4.90. The number of hydrogen-bond donors (Lipinski definition) is 5. The van der Waals surface area contributed by atoms with Crippen LogP contribution in [-0.2, 0) is 10.2 Å². The molecule has 4 rings (SSSR count). The van der Waals surface area contributed by atoms with Gasteiger partial charge in [0.25, 0.3) is 0 Å². The molecule has 2 aromatic carbocycles. The summed E-state index contributed by atoms with van der Waals surface area (Å²) in [6, 6.07) is 11.6. The molecule has 8 heteroatoms. The summed E-state index contributed by atoms with van der Waals surface area (Å²) in [5, 5.41) is 24.2. The van der Waals surface area contributed by atoms with Crippen molar-refractivity contribution < 1.29 is 24.1 Å². The number of phenols is 1. The lowest BCUT2D eigenvalue weighted by Crippen LogP contribution is -2.44. The smallest absolute Gasteiger partial charge is 0.180 e. The van der Waals surface area contributed by atoms with Gasteiger partial charge in [-0.25, -0.2) is 0 Å². The maximum atomic E-state index is 14.4. The zero-order chi connectivity index (χ0) is 25.5. The van der Waals surface area contributed by atoms with E-state index in [4.69, 9.17) is 0 Å². The molecule has 5 N–H and O–H groups in total. The second-order valence-electron chi connectivity index (χ2n) is 10.3. The molecule has 0 amide bonds. The van der Waals surface area contributed by atoms with Crippen LogP contribution in [0.3, 0.4) is 0 Å². The van der Waals surface area contributed by atoms with E-state index in [1.165, 1.54) is 18.2 Å². The molecule has 2 aliphatic rings. The van der Waals surface area contributed by atoms with Gasteiger partial charge in [-0.05, 0) is 55.2 Å². The highest BCUT2D eigenvalue weighted by atomic mass is 32.3. The van der Waals surface area contributed by atoms with Gasteiger partial charge >= 0.3 is 0 Å². The quantitative estimate of drug-likeness (QED) is 0.265. The number of carbonyl (C=O) groups is 1. The van der Waals surface area contributed by atoms with Crippen LogP contribution < -0.4 is 5.32 Å². The molecule has 0 radical (unpaired) electrons. The van der Waals surface area contributed by atoms with E-state index in [-0.39, 0.29) is 33.6 Å². The van der Waals surface area contributed by atoms with Crippen molar-refractivity contribution in [3.63, 3.8) is 0 Å². The summed E-state index contributed by atoms with van der Waals surface area (Å²) in [5.41, 5.74) is 0.785. The van der Waals surface area contributed by atoms with E-state index in [2.05, 4.69) is 37.4 Å². The largest absolute Gasteiger partial charge is 0.508 e. The first-order valence-electron chi connectivity index (χ1n) is 12.0. The molecule has 0 saturated heterocycles. The fraction of sp³-hybridized carbons (Fsp3) is 0.407. The predicted octanol–water partition coefficient (Wildman–Crippen LogP) is 6.90. The Balaban J connectivity index is 1.90. The van der Waals surface area contributed by atoms with E-state index in [1.807, 2.05) is 18.2 Å². The monoisotopic (exact) mass is 498 g/mol. The van der Waals surface area contributed by atoms with Gasteiger partial charge in [0.2, 0.25) is 0 Å². The summed E-state index contributed by atoms with van der Waals surface area (Å²) < 4.78 is 25.7. The van der Waals surface area contributed by atoms with E-state index < -0.39 is 16.2 Å². The second kappa shape index (κ2) is 9.33. The third kappa shape index (κ3) is 4.58. The number of Topliss-reactive ketones (excluding diaryl/α,β-unsaturated/α-hetero) is 1. The number of aliphatic hydroxyl groups excluding tert-OH is 1. The fourth-order valence-corrected chi connectivity index (χ4v) is 6.08. The zero-order valence-electron chi connectivity index (χ0n) is 20.6. The Labute approximate surface area is 208 Å². The second-order valence-corrected chi connectivity index (χ2v) is 12.0. The number of nitrogens with zero attached hydrogens (tertiary/aromatic N) is 1. The van der Waals surface area contributed by atoms with E-state index in [9.17, 15) is 24.1 Å². The standard InChI is InChI=1S/C27H34N2O5S/c1-16(2)11-13-27(14-12-17(3)4)20-8-6-5-7-19(20)24(31)23(25(27)32)26-28-21-10-9-18(30)15-22(21)35(33,34)29-26/h5-10,15-17,30-31,33-34H,11-14H2,1-4H3,(H,28,29). The Hall–Kier alpha value is -2.81. The molecule has 0 atom stereocenters. The highest BCUT2D eigenvalue weighted by Crippen LogP contribution is 2.57. The van der Waals surface area contributed by atoms with Crippen LogP contribution in [0.2, 0.25) is 0 Å². The Morgan fingerprint density at radius 1 is 0.971 bits per heavy atom. The van der Waals surface area contributed by atoms with Gasteiger partial charge in [0.1, 0.15) is 22.0 Å². The number of fused-ring (bicyclic) bond motifs is 2. The lowest BCUT2D eigenvalue weighted by Gasteiger charge is -2.41. The molecule has 7 nitrogen and oxygen atoms in total. The maximum absolute atomic E-state index is 14.4. The summed E-state index contributed by atoms with van der Waals surface area (Å²) in [7, 11) is -3.71. The van der Waals surface area contributed by atoms with Crippen molar-refractivity contribution in [3.8, 4) is 5.75 Å². The van der Waals surface area contributed by atoms with E-state index in [0.29, 0.717) is 35.9 Å². The minimum absolute atomic E-state index is 0.0325. The van der Waals surface area contributed by atoms with Crippen LogP contribution in [0.1, 0.15) is 64.5 Å². The minimum atomic E-state index is -3.71. The van der Waals surface area contributed by atoms with Gasteiger partial charge in [0.15, 0.2) is 11.6 Å². The SMILES string of the molecule is CC(C)CCC1(CCC(C)C)C(=O)C(C2=NS(O)(O)c3cc(O)ccc3N2)=C(O)c2ccccc21. The Morgan fingerprint density at radius 3 is 2.23 bits per heavy atom. The molecule has 0 spiro atoms. The average Bonchev–Trinajstić information content (AvgIpc) is 2.79. The van der Waals surface area contributed by atoms with Crippen LogP contribution in [0, 0.1) is 11.8 Å². The van der Waals surface area contributed by atoms with Gasteiger partial charge in [-0.3, -0.25) is 13.9 Å². The Morgan fingerprint density at radius 2 is 1.60 bits per heavy atom. The van der Waals surface area contributed by atoms with Gasteiger partial charge in [0, 0.05) is 11.6 Å². The molecule has 1 aliphatic heterocycles. The number of hydrogen-bond acceptors (Lipinski definition) is 7. The molecule has 1 aliphatic carbocycles. The molecule has 1 heterocycles. The molecule has 0 aromatic heterocycles. The Bertz CT molecular complexity index is 1200. The van der Waals surface area contributed by atoms with Crippen LogP contribution in [0.5, 0.6) is 5.75 Å². The Kier molecular flexibility index (Phi) is 6.74. The number of phenolic OH excluding ortho intramolecular Hbond substituents is 1. The maximum Gasteiger partial charge on any atom is 0.180 e. The van der Waals surface area contributed by atoms with Gasteiger partial charge in [-0.1, -0.05) is 62.7 Å². The van der Waals surface area contributed by atoms with Crippen molar-refractivity contribution in [2.24, 2.45) is 16.2 Å². The molecular formula is C27H34N2O5S. The van der Waals surface area contributed by atoms with Crippen LogP contribution in [0.4, 0.5) is 5.69 Å². The van der Waals surface area contributed by atoms with Crippen molar-refractivity contribution in [1.29, 1.82) is 0 Å².